The van der Waals surface area contributed by atoms with Crippen LogP contribution in [0.4, 0.5) is 0 Å². The predicted molar refractivity (Wildman–Crippen MR) is 112 cm³/mol. The molecular weight excluding hydrogens is 376 g/mol. The first-order valence-corrected chi connectivity index (χ1v) is 11.5. The largest absolute Gasteiger partial charge is 0.379 e. The van der Waals surface area contributed by atoms with E-state index in [9.17, 15) is 4.79 Å². The summed E-state index contributed by atoms with van der Waals surface area (Å²) in [6.45, 7) is 4.03. The summed E-state index contributed by atoms with van der Waals surface area (Å²) in [7, 11) is 0. The van der Waals surface area contributed by atoms with Crippen molar-refractivity contribution in [2.24, 2.45) is 0 Å². The van der Waals surface area contributed by atoms with E-state index in [1.54, 1.807) is 23.1 Å². The zero-order chi connectivity index (χ0) is 18.5. The van der Waals surface area contributed by atoms with Gasteiger partial charge < -0.3 is 10.1 Å². The molecule has 0 bridgehead atoms. The Hall–Kier alpha value is -1.34. The number of nitrogens with one attached hydrogen (secondary N) is 1. The Kier molecular flexibility index (Phi) is 6.50. The molecule has 0 radical (unpaired) electrons. The number of benzene rings is 1. The summed E-state index contributed by atoms with van der Waals surface area (Å²) in [4.78, 5) is 17.4. The van der Waals surface area contributed by atoms with Crippen molar-refractivity contribution in [2.45, 2.75) is 30.2 Å². The van der Waals surface area contributed by atoms with Crippen molar-refractivity contribution in [3.8, 4) is 0 Å². The normalized spacial score (nSPS) is 18.2. The number of morpholine rings is 1. The molecule has 1 atom stereocenters. The molecule has 144 valence electrons. The van der Waals surface area contributed by atoms with E-state index in [1.165, 1.54) is 40.2 Å². The molecular formula is C21H26N2O2S2. The topological polar surface area (TPSA) is 41.6 Å². The monoisotopic (exact) mass is 402 g/mol. The van der Waals surface area contributed by atoms with Crippen LogP contribution in [-0.2, 0) is 22.4 Å². The van der Waals surface area contributed by atoms with E-state index in [0.29, 0.717) is 12.3 Å². The quantitative estimate of drug-likeness (QED) is 0.720. The average Bonchev–Trinajstić information content (AvgIpc) is 3.39. The Balaban J connectivity index is 1.30. The molecule has 1 amide bonds. The summed E-state index contributed by atoms with van der Waals surface area (Å²) in [5, 5.41) is 5.26. The molecule has 1 aromatic carbocycles. The third kappa shape index (κ3) is 4.93. The lowest BCUT2D eigenvalue weighted by Gasteiger charge is -2.34. The maximum Gasteiger partial charge on any atom is 0.230 e. The number of hydrogen-bond acceptors (Lipinski definition) is 5. The molecule has 1 aliphatic heterocycles. The van der Waals surface area contributed by atoms with Crippen LogP contribution < -0.4 is 5.32 Å². The van der Waals surface area contributed by atoms with Crippen molar-refractivity contribution in [1.29, 1.82) is 0 Å². The Bertz CT molecular complexity index is 758. The van der Waals surface area contributed by atoms with Gasteiger partial charge in [-0.2, -0.15) is 0 Å². The van der Waals surface area contributed by atoms with Crippen LogP contribution in [0, 0.1) is 0 Å². The van der Waals surface area contributed by atoms with E-state index in [-0.39, 0.29) is 11.9 Å². The summed E-state index contributed by atoms with van der Waals surface area (Å²) in [5.74, 6) is 0.578. The highest BCUT2D eigenvalue weighted by Gasteiger charge is 2.24. The molecule has 1 aliphatic carbocycles. The number of ether oxygens (including phenoxy) is 1. The van der Waals surface area contributed by atoms with Gasteiger partial charge in [-0.3, -0.25) is 9.69 Å². The summed E-state index contributed by atoms with van der Waals surface area (Å²) < 4.78 is 5.48. The number of nitrogens with zero attached hydrogens (tertiary/aromatic N) is 1. The van der Waals surface area contributed by atoms with Crippen LogP contribution in [-0.4, -0.2) is 49.4 Å². The number of fused-ring (bicyclic) bond motifs is 1. The highest BCUT2D eigenvalue weighted by atomic mass is 32.2. The van der Waals surface area contributed by atoms with Crippen LogP contribution in [0.1, 0.15) is 28.5 Å². The number of thioether (sulfide) groups is 1. The first kappa shape index (κ1) is 19.0. The van der Waals surface area contributed by atoms with E-state index < -0.39 is 0 Å². The van der Waals surface area contributed by atoms with Crippen LogP contribution in [0.25, 0.3) is 0 Å². The molecule has 2 aliphatic rings. The maximum atomic E-state index is 12.4. The SMILES string of the molecule is O=C(CSc1ccc2c(c1)CCC2)NC[C@@H](c1cccs1)N1CCOCC1. The second-order valence-electron chi connectivity index (χ2n) is 7.06. The molecule has 6 heteroatoms. The van der Waals surface area contributed by atoms with Crippen LogP contribution in [0.3, 0.4) is 0 Å². The molecule has 1 aromatic heterocycles. The van der Waals surface area contributed by atoms with Gasteiger partial charge in [-0.15, -0.1) is 23.1 Å². The van der Waals surface area contributed by atoms with Crippen molar-refractivity contribution < 1.29 is 9.53 Å². The lowest BCUT2D eigenvalue weighted by Crippen LogP contribution is -2.43. The Labute approximate surface area is 169 Å². The van der Waals surface area contributed by atoms with Gasteiger partial charge in [-0.1, -0.05) is 12.1 Å². The maximum absolute atomic E-state index is 12.4. The van der Waals surface area contributed by atoms with Gasteiger partial charge in [0.25, 0.3) is 0 Å². The molecule has 0 unspecified atom stereocenters. The lowest BCUT2D eigenvalue weighted by atomic mass is 10.1. The second kappa shape index (κ2) is 9.24. The smallest absolute Gasteiger partial charge is 0.230 e. The van der Waals surface area contributed by atoms with E-state index in [2.05, 4.69) is 45.9 Å². The number of thiophene rings is 1. The highest BCUT2D eigenvalue weighted by molar-refractivity contribution is 8.00. The van der Waals surface area contributed by atoms with E-state index in [4.69, 9.17) is 4.74 Å². The summed E-state index contributed by atoms with van der Waals surface area (Å²) >= 11 is 3.40. The Morgan fingerprint density at radius 3 is 2.89 bits per heavy atom. The van der Waals surface area contributed by atoms with E-state index in [0.717, 1.165) is 26.3 Å². The standard InChI is InChI=1S/C21H26N2O2S2/c24-21(15-27-18-7-6-16-3-1-4-17(16)13-18)22-14-19(20-5-2-12-26-20)23-8-10-25-11-9-23/h2,5-7,12-13,19H,1,3-4,8-11,14-15H2,(H,22,24)/t19-/m0/s1. The van der Waals surface area contributed by atoms with Gasteiger partial charge in [0.2, 0.25) is 5.91 Å². The predicted octanol–water partition coefficient (Wildman–Crippen LogP) is 3.52. The molecule has 1 N–H and O–H groups in total. The molecule has 2 heterocycles. The van der Waals surface area contributed by atoms with Gasteiger partial charge >= 0.3 is 0 Å². The number of rotatable bonds is 7. The van der Waals surface area contributed by atoms with Crippen molar-refractivity contribution in [2.75, 3.05) is 38.6 Å². The third-order valence-corrected chi connectivity index (χ3v) is 7.26. The number of aryl methyl sites for hydroxylation is 2. The molecule has 1 fully saturated rings. The fraction of sp³-hybridized carbons (Fsp3) is 0.476. The Morgan fingerprint density at radius 2 is 2.07 bits per heavy atom. The van der Waals surface area contributed by atoms with Crippen LogP contribution in [0.2, 0.25) is 0 Å². The average molecular weight is 403 g/mol. The second-order valence-corrected chi connectivity index (χ2v) is 9.08. The number of carbonyl (C=O) groups excluding carboxylic acids is 1. The molecule has 2 aromatic rings. The number of amides is 1. The minimum Gasteiger partial charge on any atom is -0.379 e. The fourth-order valence-electron chi connectivity index (χ4n) is 3.83. The molecule has 27 heavy (non-hydrogen) atoms. The molecule has 4 nitrogen and oxygen atoms in total. The van der Waals surface area contributed by atoms with Gasteiger partial charge in [-0.05, 0) is 54.0 Å². The van der Waals surface area contributed by atoms with E-state index >= 15 is 0 Å². The summed E-state index contributed by atoms with van der Waals surface area (Å²) in [5.41, 5.74) is 2.94. The third-order valence-electron chi connectivity index (χ3n) is 5.29. The zero-order valence-corrected chi connectivity index (χ0v) is 17.1. The minimum atomic E-state index is 0.107. The number of carbonyl (C=O) groups is 1. The molecule has 4 rings (SSSR count). The van der Waals surface area contributed by atoms with Crippen LogP contribution in [0.15, 0.2) is 40.6 Å². The summed E-state index contributed by atoms with van der Waals surface area (Å²) in [6, 6.07) is 11.1. The molecule has 1 saturated heterocycles. The van der Waals surface area contributed by atoms with E-state index in [1.807, 2.05) is 0 Å². The van der Waals surface area contributed by atoms with Crippen molar-refractivity contribution >= 4 is 29.0 Å². The van der Waals surface area contributed by atoms with Gasteiger partial charge in [0.15, 0.2) is 0 Å². The van der Waals surface area contributed by atoms with Gasteiger partial charge in [0, 0.05) is 29.4 Å². The molecule has 0 saturated carbocycles. The molecule has 0 spiro atoms. The van der Waals surface area contributed by atoms with Crippen LogP contribution in [0.5, 0.6) is 0 Å². The lowest BCUT2D eigenvalue weighted by molar-refractivity contribution is -0.118. The first-order valence-electron chi connectivity index (χ1n) is 9.66. The zero-order valence-electron chi connectivity index (χ0n) is 15.5. The first-order chi connectivity index (χ1) is 13.3. The van der Waals surface area contributed by atoms with Crippen molar-refractivity contribution in [3.05, 3.63) is 51.7 Å². The number of hydrogen-bond donors (Lipinski definition) is 1. The highest BCUT2D eigenvalue weighted by Crippen LogP contribution is 2.28. The Morgan fingerprint density at radius 1 is 1.22 bits per heavy atom. The summed E-state index contributed by atoms with van der Waals surface area (Å²) in [6.07, 6.45) is 3.64. The fourth-order valence-corrected chi connectivity index (χ4v) is 5.48. The van der Waals surface area contributed by atoms with Gasteiger partial charge in [-0.25, -0.2) is 0 Å². The van der Waals surface area contributed by atoms with Gasteiger partial charge in [0.1, 0.15) is 0 Å². The minimum absolute atomic E-state index is 0.107. The van der Waals surface area contributed by atoms with Crippen LogP contribution >= 0.6 is 23.1 Å². The van der Waals surface area contributed by atoms with Crippen molar-refractivity contribution in [1.82, 2.24) is 10.2 Å². The van der Waals surface area contributed by atoms with Crippen molar-refractivity contribution in [3.63, 3.8) is 0 Å². The van der Waals surface area contributed by atoms with Gasteiger partial charge in [0.05, 0.1) is 25.0 Å².